The van der Waals surface area contributed by atoms with Gasteiger partial charge in [0.25, 0.3) is 15.9 Å². The van der Waals surface area contributed by atoms with Crippen molar-refractivity contribution in [2.24, 2.45) is 0 Å². The topological polar surface area (TPSA) is 84.5 Å². The number of para-hydroxylation sites is 1. The minimum absolute atomic E-state index is 0.0939. The number of ether oxygens (including phenoxy) is 1. The lowest BCUT2D eigenvalue weighted by molar-refractivity contribution is -0.122. The van der Waals surface area contributed by atoms with E-state index >= 15 is 0 Å². The predicted octanol–water partition coefficient (Wildman–Crippen LogP) is 5.16. The molecule has 0 spiro atoms. The van der Waals surface area contributed by atoms with Crippen LogP contribution in [0, 0.1) is 13.8 Å². The van der Waals surface area contributed by atoms with Gasteiger partial charge in [-0.15, -0.1) is 0 Å². The molecule has 0 aliphatic rings. The van der Waals surface area contributed by atoms with Gasteiger partial charge in [-0.3, -0.25) is 9.52 Å². The Balaban J connectivity index is 1.67. The van der Waals surface area contributed by atoms with Gasteiger partial charge in [0.2, 0.25) is 0 Å². The van der Waals surface area contributed by atoms with E-state index in [4.69, 9.17) is 16.3 Å². The van der Waals surface area contributed by atoms with Gasteiger partial charge in [-0.2, -0.15) is 0 Å². The highest BCUT2D eigenvalue weighted by molar-refractivity contribution is 7.92. The molecule has 0 unspecified atom stereocenters. The summed E-state index contributed by atoms with van der Waals surface area (Å²) in [4.78, 5) is 12.5. The van der Waals surface area contributed by atoms with E-state index in [9.17, 15) is 13.2 Å². The van der Waals surface area contributed by atoms with Gasteiger partial charge >= 0.3 is 0 Å². The molecule has 31 heavy (non-hydrogen) atoms. The molecular weight excluding hydrogens is 436 g/mol. The molecule has 0 heterocycles. The second kappa shape index (κ2) is 9.41. The number of anilines is 2. The quantitative estimate of drug-likeness (QED) is 0.512. The summed E-state index contributed by atoms with van der Waals surface area (Å²) >= 11 is 5.92. The third kappa shape index (κ3) is 5.77. The number of sulfonamides is 1. The fraction of sp³-hybridized carbons (Fsp3) is 0.174. The van der Waals surface area contributed by atoms with Crippen molar-refractivity contribution in [3.63, 3.8) is 0 Å². The van der Waals surface area contributed by atoms with Crippen LogP contribution < -0.4 is 14.8 Å². The number of carbonyl (C=O) groups excluding carboxylic acids is 1. The van der Waals surface area contributed by atoms with Gasteiger partial charge in [0.15, 0.2) is 6.10 Å². The van der Waals surface area contributed by atoms with Crippen LogP contribution in [-0.4, -0.2) is 20.4 Å². The minimum atomic E-state index is -3.76. The molecule has 0 aliphatic carbocycles. The molecule has 0 aromatic heterocycles. The van der Waals surface area contributed by atoms with Crippen molar-refractivity contribution in [3.05, 3.63) is 82.9 Å². The maximum Gasteiger partial charge on any atom is 0.265 e. The molecule has 0 radical (unpaired) electrons. The summed E-state index contributed by atoms with van der Waals surface area (Å²) in [7, 11) is -3.76. The molecule has 8 heteroatoms. The van der Waals surface area contributed by atoms with E-state index in [1.165, 1.54) is 24.3 Å². The van der Waals surface area contributed by atoms with E-state index in [0.29, 0.717) is 22.1 Å². The Kier molecular flexibility index (Phi) is 6.87. The van der Waals surface area contributed by atoms with E-state index in [2.05, 4.69) is 10.0 Å². The first-order valence-corrected chi connectivity index (χ1v) is 11.4. The number of nitrogens with one attached hydrogen (secondary N) is 2. The fourth-order valence-electron chi connectivity index (χ4n) is 2.93. The largest absolute Gasteiger partial charge is 0.481 e. The molecule has 1 amide bonds. The van der Waals surface area contributed by atoms with Crippen LogP contribution in [0.1, 0.15) is 18.1 Å². The third-order valence-electron chi connectivity index (χ3n) is 4.63. The highest BCUT2D eigenvalue weighted by Crippen LogP contribution is 2.24. The van der Waals surface area contributed by atoms with Crippen LogP contribution in [0.5, 0.6) is 5.75 Å². The first-order valence-electron chi connectivity index (χ1n) is 9.58. The first-order chi connectivity index (χ1) is 14.7. The van der Waals surface area contributed by atoms with Gasteiger partial charge in [0.1, 0.15) is 5.75 Å². The number of carbonyl (C=O) groups is 1. The van der Waals surface area contributed by atoms with Gasteiger partial charge in [-0.1, -0.05) is 35.9 Å². The predicted molar refractivity (Wildman–Crippen MR) is 123 cm³/mol. The van der Waals surface area contributed by atoms with Crippen molar-refractivity contribution in [2.75, 3.05) is 10.0 Å². The fourth-order valence-corrected chi connectivity index (χ4v) is 4.31. The Morgan fingerprint density at radius 1 is 0.968 bits per heavy atom. The van der Waals surface area contributed by atoms with Gasteiger partial charge < -0.3 is 10.1 Å². The summed E-state index contributed by atoms with van der Waals surface area (Å²) < 4.78 is 33.7. The molecule has 162 valence electrons. The van der Waals surface area contributed by atoms with E-state index in [1.54, 1.807) is 31.2 Å². The molecule has 6 nitrogen and oxygen atoms in total. The highest BCUT2D eigenvalue weighted by Gasteiger charge is 2.18. The Bertz CT molecular complexity index is 1170. The van der Waals surface area contributed by atoms with E-state index in [1.807, 2.05) is 32.0 Å². The Labute approximate surface area is 187 Å². The van der Waals surface area contributed by atoms with Gasteiger partial charge in [-0.05, 0) is 74.4 Å². The zero-order chi connectivity index (χ0) is 22.6. The maximum atomic E-state index is 12.7. The smallest absolute Gasteiger partial charge is 0.265 e. The van der Waals surface area contributed by atoms with Crippen LogP contribution in [0.3, 0.4) is 0 Å². The summed E-state index contributed by atoms with van der Waals surface area (Å²) in [5.41, 5.74) is 2.69. The molecule has 0 fully saturated rings. The molecule has 1 atom stereocenters. The van der Waals surface area contributed by atoms with Gasteiger partial charge in [-0.25, -0.2) is 8.42 Å². The molecule has 0 saturated carbocycles. The van der Waals surface area contributed by atoms with Crippen LogP contribution in [-0.2, 0) is 14.8 Å². The number of rotatable bonds is 7. The van der Waals surface area contributed by atoms with Crippen molar-refractivity contribution >= 4 is 38.9 Å². The first kappa shape index (κ1) is 22.7. The Hall–Kier alpha value is -3.03. The third-order valence-corrected chi connectivity index (χ3v) is 6.23. The molecule has 3 aromatic carbocycles. The molecule has 3 rings (SSSR count). The van der Waals surface area contributed by atoms with E-state index < -0.39 is 16.1 Å². The van der Waals surface area contributed by atoms with Crippen molar-refractivity contribution in [1.29, 1.82) is 0 Å². The average Bonchev–Trinajstić information content (AvgIpc) is 2.71. The number of hydrogen-bond acceptors (Lipinski definition) is 4. The highest BCUT2D eigenvalue weighted by atomic mass is 35.5. The lowest BCUT2D eigenvalue weighted by atomic mass is 10.1. The Morgan fingerprint density at radius 2 is 1.58 bits per heavy atom. The molecular formula is C23H23ClN2O4S. The minimum Gasteiger partial charge on any atom is -0.481 e. The lowest BCUT2D eigenvalue weighted by Crippen LogP contribution is -2.30. The van der Waals surface area contributed by atoms with Crippen LogP contribution in [0.2, 0.25) is 5.02 Å². The standard InChI is InChI=1S/C23H23ClN2O4S/c1-15-6-4-7-16(2)22(15)26-31(28,29)21-12-10-19(11-13-21)25-23(27)17(3)30-20-9-5-8-18(24)14-20/h4-14,17,26H,1-3H3,(H,25,27)/t17-/m0/s1. The van der Waals surface area contributed by atoms with Crippen LogP contribution >= 0.6 is 11.6 Å². The van der Waals surface area contributed by atoms with Crippen LogP contribution in [0.4, 0.5) is 11.4 Å². The molecule has 0 aliphatic heterocycles. The van der Waals surface area contributed by atoms with Gasteiger partial charge in [0, 0.05) is 10.7 Å². The summed E-state index contributed by atoms with van der Waals surface area (Å²) in [5, 5.41) is 3.22. The van der Waals surface area contributed by atoms with Crippen molar-refractivity contribution in [2.45, 2.75) is 31.8 Å². The van der Waals surface area contributed by atoms with Crippen LogP contribution in [0.25, 0.3) is 0 Å². The molecule has 2 N–H and O–H groups in total. The normalized spacial score (nSPS) is 12.1. The summed E-state index contributed by atoms with van der Waals surface area (Å²) in [6.07, 6.45) is -0.771. The second-order valence-electron chi connectivity index (χ2n) is 7.10. The van der Waals surface area contributed by atoms with Crippen molar-refractivity contribution < 1.29 is 17.9 Å². The SMILES string of the molecule is Cc1cccc(C)c1NS(=O)(=O)c1ccc(NC(=O)[C@H](C)Oc2cccc(Cl)c2)cc1. The summed E-state index contributed by atoms with van der Waals surface area (Å²) in [5.74, 6) is 0.110. The molecule has 0 bridgehead atoms. The zero-order valence-electron chi connectivity index (χ0n) is 17.3. The van der Waals surface area contributed by atoms with E-state index in [-0.39, 0.29) is 10.8 Å². The maximum absolute atomic E-state index is 12.7. The van der Waals surface area contributed by atoms with Crippen molar-refractivity contribution in [3.8, 4) is 5.75 Å². The Morgan fingerprint density at radius 3 is 2.19 bits per heavy atom. The summed E-state index contributed by atoms with van der Waals surface area (Å²) in [6, 6.07) is 18.3. The number of halogens is 1. The average molecular weight is 459 g/mol. The van der Waals surface area contributed by atoms with E-state index in [0.717, 1.165) is 11.1 Å². The number of aryl methyl sites for hydroxylation is 2. The van der Waals surface area contributed by atoms with Crippen molar-refractivity contribution in [1.82, 2.24) is 0 Å². The second-order valence-corrected chi connectivity index (χ2v) is 9.22. The molecule has 0 saturated heterocycles. The lowest BCUT2D eigenvalue weighted by Gasteiger charge is -2.15. The number of benzene rings is 3. The van der Waals surface area contributed by atoms with Crippen LogP contribution in [0.15, 0.2) is 71.6 Å². The zero-order valence-corrected chi connectivity index (χ0v) is 18.9. The number of amides is 1. The number of hydrogen-bond donors (Lipinski definition) is 2. The monoisotopic (exact) mass is 458 g/mol. The summed E-state index contributed by atoms with van der Waals surface area (Å²) in [6.45, 7) is 5.30. The van der Waals surface area contributed by atoms with Gasteiger partial charge in [0.05, 0.1) is 10.6 Å². The molecule has 3 aromatic rings.